The summed E-state index contributed by atoms with van der Waals surface area (Å²) in [6, 6.07) is 14.1. The minimum atomic E-state index is -4.10. The molecule has 0 heterocycles. The summed E-state index contributed by atoms with van der Waals surface area (Å²) in [4.78, 5) is 12.6. The number of aliphatic hydroxyl groups is 1. The van der Waals surface area contributed by atoms with Gasteiger partial charge in [-0.2, -0.15) is 0 Å². The molecule has 10 heteroatoms. The number of nitrogens with one attached hydrogen (secondary N) is 1. The van der Waals surface area contributed by atoms with E-state index in [2.05, 4.69) is 17.2 Å². The van der Waals surface area contributed by atoms with Gasteiger partial charge in [0, 0.05) is 28.9 Å². The molecule has 0 aromatic heterocycles. The second-order valence-corrected chi connectivity index (χ2v) is 12.9. The molecule has 0 spiro atoms. The predicted molar refractivity (Wildman–Crippen MR) is 152 cm³/mol. The first kappa shape index (κ1) is 30.6. The summed E-state index contributed by atoms with van der Waals surface area (Å²) in [6.45, 7) is 3.62. The number of hydrogen-bond donors (Lipinski definition) is 2. The molecule has 1 saturated carbocycles. The van der Waals surface area contributed by atoms with Crippen molar-refractivity contribution in [1.82, 2.24) is 0 Å². The molecule has 2 N–H and O–H groups in total. The third-order valence-corrected chi connectivity index (χ3v) is 10.5. The smallest absolute Gasteiger partial charge is 0.255 e. The molecular formula is C31H29ClF3NO4S. The lowest BCUT2D eigenvalue weighted by molar-refractivity contribution is 0.0695. The van der Waals surface area contributed by atoms with Crippen LogP contribution < -0.4 is 5.32 Å². The van der Waals surface area contributed by atoms with Crippen LogP contribution in [-0.4, -0.2) is 30.3 Å². The highest BCUT2D eigenvalue weighted by molar-refractivity contribution is 7.92. The van der Waals surface area contributed by atoms with Crippen LogP contribution in [0.25, 0.3) is 0 Å². The predicted octanol–water partition coefficient (Wildman–Crippen LogP) is 6.78. The van der Waals surface area contributed by atoms with Gasteiger partial charge in [-0.3, -0.25) is 4.79 Å². The van der Waals surface area contributed by atoms with E-state index in [1.807, 2.05) is 37.3 Å². The van der Waals surface area contributed by atoms with Crippen molar-refractivity contribution in [2.75, 3.05) is 5.32 Å². The van der Waals surface area contributed by atoms with Gasteiger partial charge in [0.1, 0.15) is 5.60 Å². The van der Waals surface area contributed by atoms with Crippen molar-refractivity contribution in [3.05, 3.63) is 94.3 Å². The molecule has 4 atom stereocenters. The number of halogens is 4. The fourth-order valence-corrected chi connectivity index (χ4v) is 8.17. The van der Waals surface area contributed by atoms with Gasteiger partial charge >= 0.3 is 0 Å². The minimum absolute atomic E-state index is 0.0899. The van der Waals surface area contributed by atoms with Gasteiger partial charge in [0.15, 0.2) is 27.3 Å². The Balaban J connectivity index is 1.62. The van der Waals surface area contributed by atoms with Crippen molar-refractivity contribution in [2.24, 2.45) is 11.8 Å². The Morgan fingerprint density at radius 1 is 1.07 bits per heavy atom. The van der Waals surface area contributed by atoms with E-state index in [-0.39, 0.29) is 33.5 Å². The van der Waals surface area contributed by atoms with Crippen LogP contribution in [-0.2, 0) is 9.84 Å². The van der Waals surface area contributed by atoms with E-state index in [1.54, 1.807) is 6.92 Å². The number of rotatable bonds is 7. The molecule has 216 valence electrons. The lowest BCUT2D eigenvalue weighted by atomic mass is 9.87. The van der Waals surface area contributed by atoms with Gasteiger partial charge in [0.25, 0.3) is 5.91 Å². The lowest BCUT2D eigenvalue weighted by Crippen LogP contribution is -2.37. The lowest BCUT2D eigenvalue weighted by Gasteiger charge is -2.29. The van der Waals surface area contributed by atoms with Crippen molar-refractivity contribution in [3.63, 3.8) is 0 Å². The topological polar surface area (TPSA) is 83.5 Å². The molecule has 3 aromatic carbocycles. The highest BCUT2D eigenvalue weighted by Crippen LogP contribution is 2.44. The maximum atomic E-state index is 14.0. The van der Waals surface area contributed by atoms with Crippen molar-refractivity contribution >= 4 is 33.0 Å². The van der Waals surface area contributed by atoms with Gasteiger partial charge < -0.3 is 10.4 Å². The molecule has 2 unspecified atom stereocenters. The minimum Gasteiger partial charge on any atom is -0.378 e. The summed E-state index contributed by atoms with van der Waals surface area (Å²) in [6.07, 6.45) is 1.60. The molecule has 0 radical (unpaired) electrons. The van der Waals surface area contributed by atoms with Crippen LogP contribution in [0.5, 0.6) is 0 Å². The first-order chi connectivity index (χ1) is 19.3. The number of anilines is 1. The van der Waals surface area contributed by atoms with E-state index in [4.69, 9.17) is 11.6 Å². The van der Waals surface area contributed by atoms with Crippen molar-refractivity contribution in [1.29, 1.82) is 0 Å². The maximum Gasteiger partial charge on any atom is 0.255 e. The molecule has 4 rings (SSSR count). The number of carbonyl (C=O) groups is 1. The van der Waals surface area contributed by atoms with Crippen LogP contribution in [0.3, 0.4) is 0 Å². The fourth-order valence-electron chi connectivity index (χ4n) is 5.32. The normalized spacial score (nSPS) is 20.1. The second kappa shape index (κ2) is 12.3. The number of carbonyl (C=O) groups excluding carboxylic acids is 1. The quantitative estimate of drug-likeness (QED) is 0.230. The van der Waals surface area contributed by atoms with E-state index in [9.17, 15) is 31.5 Å². The SMILES string of the molecule is CC[C@](O)(C#Cc1ccccc1)C[C@@H]1CCC(C)C1S(=O)(=O)c1cc(C(=O)Nc2cc(F)c(F)c(F)c2)ccc1Cl. The van der Waals surface area contributed by atoms with Crippen molar-refractivity contribution < 1.29 is 31.5 Å². The molecule has 41 heavy (non-hydrogen) atoms. The van der Waals surface area contributed by atoms with Gasteiger partial charge in [-0.15, -0.1) is 0 Å². The van der Waals surface area contributed by atoms with Crippen LogP contribution in [0.2, 0.25) is 5.02 Å². The summed E-state index contributed by atoms with van der Waals surface area (Å²) in [5.41, 5.74) is -1.15. The van der Waals surface area contributed by atoms with Crippen LogP contribution in [0.4, 0.5) is 18.9 Å². The van der Waals surface area contributed by atoms with Gasteiger partial charge in [0.2, 0.25) is 0 Å². The number of sulfone groups is 1. The Morgan fingerprint density at radius 2 is 1.73 bits per heavy atom. The molecule has 5 nitrogen and oxygen atoms in total. The summed E-state index contributed by atoms with van der Waals surface area (Å²) < 4.78 is 68.5. The Morgan fingerprint density at radius 3 is 2.37 bits per heavy atom. The van der Waals surface area contributed by atoms with Crippen LogP contribution in [0.15, 0.2) is 65.6 Å². The largest absolute Gasteiger partial charge is 0.378 e. The number of amides is 1. The number of hydrogen-bond acceptors (Lipinski definition) is 4. The molecule has 3 aromatic rings. The van der Waals surface area contributed by atoms with Gasteiger partial charge in [-0.1, -0.05) is 55.5 Å². The third-order valence-electron chi connectivity index (χ3n) is 7.52. The van der Waals surface area contributed by atoms with E-state index in [0.29, 0.717) is 31.4 Å². The average molecular weight is 604 g/mol. The zero-order valence-electron chi connectivity index (χ0n) is 22.4. The van der Waals surface area contributed by atoms with E-state index >= 15 is 0 Å². The molecule has 0 saturated heterocycles. The molecule has 0 bridgehead atoms. The highest BCUT2D eigenvalue weighted by atomic mass is 35.5. The Labute approximate surface area is 242 Å². The van der Waals surface area contributed by atoms with E-state index < -0.39 is 50.0 Å². The number of benzene rings is 3. The molecule has 1 aliphatic carbocycles. The summed E-state index contributed by atoms with van der Waals surface area (Å²) in [7, 11) is -4.10. The zero-order valence-corrected chi connectivity index (χ0v) is 24.0. The monoisotopic (exact) mass is 603 g/mol. The molecule has 1 fully saturated rings. The fraction of sp³-hybridized carbons (Fsp3) is 0.323. The second-order valence-electron chi connectivity index (χ2n) is 10.4. The first-order valence-corrected chi connectivity index (χ1v) is 15.1. The summed E-state index contributed by atoms with van der Waals surface area (Å²) in [5.74, 6) is -0.272. The molecule has 1 aliphatic rings. The average Bonchev–Trinajstić information content (AvgIpc) is 3.31. The zero-order chi connectivity index (χ0) is 29.9. The summed E-state index contributed by atoms with van der Waals surface area (Å²) in [5, 5.41) is 12.6. The van der Waals surface area contributed by atoms with Crippen molar-refractivity contribution in [3.8, 4) is 11.8 Å². The first-order valence-electron chi connectivity index (χ1n) is 13.1. The Hall–Kier alpha value is -3.32. The van der Waals surface area contributed by atoms with E-state index in [0.717, 1.165) is 11.6 Å². The molecule has 0 aliphatic heterocycles. The van der Waals surface area contributed by atoms with Gasteiger partial charge in [-0.05, 0) is 67.9 Å². The van der Waals surface area contributed by atoms with Crippen molar-refractivity contribution in [2.45, 2.75) is 55.3 Å². The standard InChI is InChI=1S/C31H29ClF3NO4S/c1-3-31(38,14-13-20-7-5-4-6-8-20)18-22-10-9-19(2)29(22)41(39,40)27-15-21(11-12-24(27)32)30(37)36-23-16-25(33)28(35)26(34)17-23/h4-8,11-12,15-17,19,22,29,38H,3,9-10,18H2,1-2H3,(H,36,37)/t19?,22-,29?,31-/m0/s1. The van der Waals surface area contributed by atoms with Crippen LogP contribution in [0, 0.1) is 41.1 Å². The molecule has 1 amide bonds. The maximum absolute atomic E-state index is 14.0. The van der Waals surface area contributed by atoms with Crippen LogP contribution in [0.1, 0.15) is 55.5 Å². The van der Waals surface area contributed by atoms with E-state index in [1.165, 1.54) is 12.1 Å². The van der Waals surface area contributed by atoms with Gasteiger partial charge in [-0.25, -0.2) is 21.6 Å². The highest BCUT2D eigenvalue weighted by Gasteiger charge is 2.46. The molecular weight excluding hydrogens is 575 g/mol. The summed E-state index contributed by atoms with van der Waals surface area (Å²) >= 11 is 6.33. The van der Waals surface area contributed by atoms with Crippen LogP contribution >= 0.6 is 11.6 Å². The third kappa shape index (κ3) is 6.78. The Kier molecular flexibility index (Phi) is 9.17. The van der Waals surface area contributed by atoms with Gasteiger partial charge in [0.05, 0.1) is 15.2 Å². The Bertz CT molecular complexity index is 1600.